The predicted molar refractivity (Wildman–Crippen MR) is 210 cm³/mol. The molecular weight excluding hydrogens is 761 g/mol. The van der Waals surface area contributed by atoms with Gasteiger partial charge in [-0.1, -0.05) is 27.7 Å². The molecule has 0 aliphatic carbocycles. The Labute approximate surface area is 322 Å². The third kappa shape index (κ3) is 9.14. The summed E-state index contributed by atoms with van der Waals surface area (Å²) in [5.41, 5.74) is 3.33. The lowest BCUT2D eigenvalue weighted by molar-refractivity contribution is 0.248. The van der Waals surface area contributed by atoms with Gasteiger partial charge in [-0.25, -0.2) is 19.3 Å². The topological polar surface area (TPSA) is 170 Å². The first-order valence-electron chi connectivity index (χ1n) is 17.7. The van der Waals surface area contributed by atoms with E-state index < -0.39 is 21.6 Å². The Bertz CT molecular complexity index is 1940. The van der Waals surface area contributed by atoms with Gasteiger partial charge < -0.3 is 30.6 Å². The molecule has 7 rings (SSSR count). The molecule has 0 spiro atoms. The van der Waals surface area contributed by atoms with Crippen LogP contribution in [0.25, 0.3) is 11.3 Å². The number of piperazine rings is 1. The molecule has 4 N–H and O–H groups in total. The van der Waals surface area contributed by atoms with Gasteiger partial charge in [0.15, 0.2) is 5.13 Å². The number of aromatic nitrogens is 5. The van der Waals surface area contributed by atoms with E-state index in [0.717, 1.165) is 54.0 Å². The summed E-state index contributed by atoms with van der Waals surface area (Å²) in [4.78, 5) is 28.2. The highest BCUT2D eigenvalue weighted by molar-refractivity contribution is 7.85. The van der Waals surface area contributed by atoms with Crippen molar-refractivity contribution in [2.75, 3.05) is 71.3 Å². The maximum atomic E-state index is 13.2. The van der Waals surface area contributed by atoms with Crippen LogP contribution in [-0.4, -0.2) is 107 Å². The Kier molecular flexibility index (Phi) is 12.9. The lowest BCUT2D eigenvalue weighted by Gasteiger charge is -2.35. The van der Waals surface area contributed by atoms with Gasteiger partial charge in [-0.05, 0) is 47.7 Å². The van der Waals surface area contributed by atoms with E-state index in [1.807, 2.05) is 33.1 Å². The number of benzene rings is 1. The van der Waals surface area contributed by atoms with Crippen LogP contribution in [0.3, 0.4) is 0 Å². The van der Waals surface area contributed by atoms with E-state index in [0.29, 0.717) is 51.7 Å². The zero-order valence-corrected chi connectivity index (χ0v) is 33.3. The molecule has 3 aliphatic heterocycles. The van der Waals surface area contributed by atoms with Crippen molar-refractivity contribution in [3.05, 3.63) is 52.1 Å². The van der Waals surface area contributed by atoms with Gasteiger partial charge in [0.1, 0.15) is 27.2 Å². The van der Waals surface area contributed by atoms with Crippen LogP contribution in [0.1, 0.15) is 39.1 Å². The number of aliphatic hydroxyl groups is 2. The maximum Gasteiger partial charge on any atom is 0.227 e. The van der Waals surface area contributed by atoms with Gasteiger partial charge in [-0.2, -0.15) is 9.97 Å². The third-order valence-corrected chi connectivity index (χ3v) is 13.4. The summed E-state index contributed by atoms with van der Waals surface area (Å²) in [6.45, 7) is 11.0. The highest BCUT2D eigenvalue weighted by Gasteiger charge is 2.31. The van der Waals surface area contributed by atoms with Crippen molar-refractivity contribution < 1.29 is 23.0 Å². The molecule has 13 nitrogen and oxygen atoms in total. The molecule has 3 aliphatic rings. The Balaban J connectivity index is 0.000000225. The van der Waals surface area contributed by atoms with Crippen molar-refractivity contribution in [1.82, 2.24) is 24.9 Å². The van der Waals surface area contributed by atoms with E-state index in [-0.39, 0.29) is 48.2 Å². The first-order chi connectivity index (χ1) is 25.4. The molecule has 0 saturated carbocycles. The minimum atomic E-state index is -1.12. The molecule has 1 aromatic carbocycles. The second-order valence-corrected chi connectivity index (χ2v) is 17.9. The minimum absolute atomic E-state index is 0.0132. The largest absolute Gasteiger partial charge is 0.394 e. The molecule has 4 aromatic rings. The summed E-state index contributed by atoms with van der Waals surface area (Å²) < 4.78 is 37.8. The van der Waals surface area contributed by atoms with Crippen LogP contribution < -0.4 is 20.4 Å². The maximum absolute atomic E-state index is 13.2. The number of thiazole rings is 1. The Morgan fingerprint density at radius 3 is 1.87 bits per heavy atom. The monoisotopic (exact) mass is 805 g/mol. The Hall–Kier alpha value is -3.35. The van der Waals surface area contributed by atoms with Gasteiger partial charge in [0, 0.05) is 61.5 Å². The van der Waals surface area contributed by atoms with Crippen molar-refractivity contribution in [3.63, 3.8) is 0 Å². The molecule has 0 radical (unpaired) electrons. The van der Waals surface area contributed by atoms with Crippen LogP contribution in [0.2, 0.25) is 5.28 Å². The first-order valence-corrected chi connectivity index (χ1v) is 21.5. The molecule has 0 amide bonds. The average molecular weight is 806 g/mol. The second kappa shape index (κ2) is 17.4. The van der Waals surface area contributed by atoms with Crippen LogP contribution >= 0.6 is 22.9 Å². The highest BCUT2D eigenvalue weighted by Crippen LogP contribution is 2.33. The van der Waals surface area contributed by atoms with Gasteiger partial charge in [-0.3, -0.25) is 8.42 Å². The highest BCUT2D eigenvalue weighted by atomic mass is 35.5. The number of halogens is 2. The van der Waals surface area contributed by atoms with Gasteiger partial charge in [0.2, 0.25) is 11.2 Å². The number of hydrogen-bond acceptors (Lipinski definition) is 14. The molecule has 6 heterocycles. The lowest BCUT2D eigenvalue weighted by atomic mass is 10.1. The van der Waals surface area contributed by atoms with Gasteiger partial charge in [0.25, 0.3) is 0 Å². The van der Waals surface area contributed by atoms with E-state index >= 15 is 0 Å². The lowest BCUT2D eigenvalue weighted by Crippen LogP contribution is -2.47. The zero-order chi connectivity index (χ0) is 37.8. The minimum Gasteiger partial charge on any atom is -0.394 e. The fourth-order valence-electron chi connectivity index (χ4n) is 6.15. The molecule has 53 heavy (non-hydrogen) atoms. The van der Waals surface area contributed by atoms with Gasteiger partial charge in [-0.15, -0.1) is 11.3 Å². The van der Waals surface area contributed by atoms with Crippen LogP contribution in [0.4, 0.5) is 27.1 Å². The van der Waals surface area contributed by atoms with E-state index in [1.165, 1.54) is 12.1 Å². The van der Waals surface area contributed by atoms with E-state index in [9.17, 15) is 23.0 Å². The zero-order valence-electron chi connectivity index (χ0n) is 30.1. The van der Waals surface area contributed by atoms with Gasteiger partial charge >= 0.3 is 0 Å². The molecular formula is C35H45ClFN9O4S3. The van der Waals surface area contributed by atoms with Gasteiger partial charge in [0.05, 0.1) is 64.0 Å². The smallest absolute Gasteiger partial charge is 0.227 e. The SMILES string of the molecule is CC(C)C(CO)Nc1nc(Cl)nc2c1S(=O)CC2.CC(C)C(CO)Nc1nc(N2CCN(c3nc(-c4ccc(F)cc4)cs3)CC2)nc2c1S(=O)CC2. The van der Waals surface area contributed by atoms with Crippen molar-refractivity contribution in [3.8, 4) is 11.3 Å². The van der Waals surface area contributed by atoms with E-state index in [4.69, 9.17) is 26.6 Å². The second-order valence-electron chi connectivity index (χ2n) is 13.7. The van der Waals surface area contributed by atoms with Crippen LogP contribution in [0.5, 0.6) is 0 Å². The summed E-state index contributed by atoms with van der Waals surface area (Å²) in [6, 6.07) is 6.08. The van der Waals surface area contributed by atoms with Crippen LogP contribution in [0.15, 0.2) is 39.4 Å². The van der Waals surface area contributed by atoms with Crippen LogP contribution in [-0.2, 0) is 34.4 Å². The molecule has 1 fully saturated rings. The van der Waals surface area contributed by atoms with E-state index in [1.54, 1.807) is 23.5 Å². The molecule has 3 aromatic heterocycles. The molecule has 286 valence electrons. The number of nitrogens with zero attached hydrogens (tertiary/aromatic N) is 7. The number of aliphatic hydroxyl groups excluding tert-OH is 2. The summed E-state index contributed by atoms with van der Waals surface area (Å²) in [5, 5.41) is 28.7. The molecule has 4 atom stereocenters. The number of hydrogen-bond donors (Lipinski definition) is 4. The number of aryl methyl sites for hydroxylation is 2. The first kappa shape index (κ1) is 39.3. The number of anilines is 4. The third-order valence-electron chi connectivity index (χ3n) is 9.45. The van der Waals surface area contributed by atoms with Crippen molar-refractivity contribution in [2.45, 2.75) is 62.4 Å². The number of rotatable bonds is 11. The van der Waals surface area contributed by atoms with Crippen molar-refractivity contribution in [2.24, 2.45) is 11.8 Å². The quantitative estimate of drug-likeness (QED) is 0.158. The molecule has 1 saturated heterocycles. The standard InChI is InChI=1S/C24H29FN6O2S2.C11H16ClN3O2S/c1-15(2)19(13-32)26-22-21-18(7-12-35(21)33)27-23(29-22)30-8-10-31(11-9-30)24-28-20(14-34-24)16-3-5-17(25)6-4-16;1-6(2)8(5-16)13-10-9-7(3-4-18(9)17)14-11(12)15-10/h3-6,14-15,19,32H,7-13H2,1-2H3,(H,26,27,29);6,8,16H,3-5H2,1-2H3,(H,13,14,15). The predicted octanol–water partition coefficient (Wildman–Crippen LogP) is 4.38. The number of fused-ring (bicyclic) bond motifs is 2. The van der Waals surface area contributed by atoms with Crippen molar-refractivity contribution >= 4 is 67.3 Å². The Morgan fingerprint density at radius 2 is 1.32 bits per heavy atom. The van der Waals surface area contributed by atoms with E-state index in [2.05, 4.69) is 30.4 Å². The average Bonchev–Trinajstić information content (AvgIpc) is 3.89. The summed E-state index contributed by atoms with van der Waals surface area (Å²) in [6.07, 6.45) is 1.33. The molecule has 18 heteroatoms. The molecule has 0 bridgehead atoms. The number of nitrogens with one attached hydrogen (secondary N) is 2. The normalized spacial score (nSPS) is 19.1. The van der Waals surface area contributed by atoms with Crippen molar-refractivity contribution in [1.29, 1.82) is 0 Å². The Morgan fingerprint density at radius 1 is 0.792 bits per heavy atom. The summed E-state index contributed by atoms with van der Waals surface area (Å²) >= 11 is 7.45. The molecule has 4 unspecified atom stereocenters. The van der Waals surface area contributed by atoms with Crippen LogP contribution in [0, 0.1) is 17.7 Å². The fraction of sp³-hybridized carbons (Fsp3) is 0.514. The summed E-state index contributed by atoms with van der Waals surface area (Å²) in [5.74, 6) is 3.01. The fourth-order valence-corrected chi connectivity index (χ4v) is 9.85. The summed E-state index contributed by atoms with van der Waals surface area (Å²) in [7, 11) is -2.20.